The van der Waals surface area contributed by atoms with Gasteiger partial charge in [0.1, 0.15) is 0 Å². The zero-order chi connectivity index (χ0) is 16.5. The number of aromatic nitrogens is 4. The summed E-state index contributed by atoms with van der Waals surface area (Å²) in [5, 5.41) is 12.3. The highest BCUT2D eigenvalue weighted by Gasteiger charge is 2.41. The highest BCUT2D eigenvalue weighted by atomic mass is 15.3. The first-order valence-corrected chi connectivity index (χ1v) is 9.14. The lowest BCUT2D eigenvalue weighted by molar-refractivity contribution is 0.0777. The first-order valence-electron chi connectivity index (χ1n) is 9.14. The number of rotatable bonds is 6. The molecular formula is C18H28N6. The summed E-state index contributed by atoms with van der Waals surface area (Å²) < 4.78 is 3.93. The summed E-state index contributed by atoms with van der Waals surface area (Å²) in [5.74, 6) is 0.645. The number of piperidine rings is 1. The van der Waals surface area contributed by atoms with Crippen LogP contribution in [0.25, 0.3) is 0 Å². The van der Waals surface area contributed by atoms with E-state index in [1.807, 2.05) is 24.1 Å². The van der Waals surface area contributed by atoms with Gasteiger partial charge in [-0.25, -0.2) is 0 Å². The Kier molecular flexibility index (Phi) is 4.41. The summed E-state index contributed by atoms with van der Waals surface area (Å²) in [5.41, 5.74) is 2.62. The molecule has 24 heavy (non-hydrogen) atoms. The molecule has 1 saturated heterocycles. The average molecular weight is 328 g/mol. The molecule has 1 aliphatic carbocycles. The van der Waals surface area contributed by atoms with Crippen LogP contribution in [0.4, 0.5) is 0 Å². The van der Waals surface area contributed by atoms with Gasteiger partial charge in [-0.1, -0.05) is 0 Å². The van der Waals surface area contributed by atoms with Gasteiger partial charge in [-0.05, 0) is 44.2 Å². The largest absolute Gasteiger partial charge is 0.312 e. The van der Waals surface area contributed by atoms with Gasteiger partial charge in [0.05, 0.1) is 17.9 Å². The topological polar surface area (TPSA) is 50.9 Å². The van der Waals surface area contributed by atoms with Crippen LogP contribution in [0.15, 0.2) is 24.7 Å². The lowest BCUT2D eigenvalue weighted by Crippen LogP contribution is -2.44. The van der Waals surface area contributed by atoms with Gasteiger partial charge < -0.3 is 5.32 Å². The van der Waals surface area contributed by atoms with Crippen LogP contribution in [0.1, 0.15) is 43.0 Å². The van der Waals surface area contributed by atoms with E-state index in [1.54, 1.807) is 0 Å². The SMILES string of the molecule is Cn1cc(CNC[C@@H]2CCCN(C3CC3)[C@H]2c2ccnn2C)cn1. The van der Waals surface area contributed by atoms with Crippen molar-refractivity contribution >= 4 is 0 Å². The Bertz CT molecular complexity index is 671. The van der Waals surface area contributed by atoms with E-state index in [0.29, 0.717) is 12.0 Å². The van der Waals surface area contributed by atoms with Crippen LogP contribution < -0.4 is 5.32 Å². The Morgan fingerprint density at radius 1 is 1.21 bits per heavy atom. The molecule has 0 spiro atoms. The lowest BCUT2D eigenvalue weighted by atomic mass is 9.86. The molecule has 3 heterocycles. The van der Waals surface area contributed by atoms with Gasteiger partial charge in [0.15, 0.2) is 0 Å². The normalized spacial score (nSPS) is 25.2. The highest BCUT2D eigenvalue weighted by Crippen LogP contribution is 2.42. The Labute approximate surface area is 143 Å². The van der Waals surface area contributed by atoms with Crippen molar-refractivity contribution in [3.05, 3.63) is 35.9 Å². The molecule has 6 nitrogen and oxygen atoms in total. The molecule has 1 N–H and O–H groups in total. The van der Waals surface area contributed by atoms with Crippen molar-refractivity contribution in [3.63, 3.8) is 0 Å². The lowest BCUT2D eigenvalue weighted by Gasteiger charge is -2.42. The Morgan fingerprint density at radius 3 is 2.75 bits per heavy atom. The predicted molar refractivity (Wildman–Crippen MR) is 93.3 cm³/mol. The van der Waals surface area contributed by atoms with E-state index < -0.39 is 0 Å². The second-order valence-electron chi connectivity index (χ2n) is 7.35. The number of hydrogen-bond acceptors (Lipinski definition) is 4. The molecule has 6 heteroatoms. The van der Waals surface area contributed by atoms with E-state index in [2.05, 4.69) is 44.4 Å². The minimum atomic E-state index is 0.500. The fraction of sp³-hybridized carbons (Fsp3) is 0.667. The van der Waals surface area contributed by atoms with Gasteiger partial charge in [0, 0.05) is 51.2 Å². The van der Waals surface area contributed by atoms with Crippen LogP contribution in [-0.2, 0) is 20.6 Å². The number of hydrogen-bond donors (Lipinski definition) is 1. The Morgan fingerprint density at radius 2 is 2.08 bits per heavy atom. The molecule has 2 atom stereocenters. The summed E-state index contributed by atoms with van der Waals surface area (Å²) in [4.78, 5) is 2.75. The minimum Gasteiger partial charge on any atom is -0.312 e. The summed E-state index contributed by atoms with van der Waals surface area (Å²) in [6, 6.07) is 3.51. The molecule has 1 saturated carbocycles. The predicted octanol–water partition coefficient (Wildman–Crippen LogP) is 1.86. The zero-order valence-electron chi connectivity index (χ0n) is 14.7. The molecular weight excluding hydrogens is 300 g/mol. The molecule has 130 valence electrons. The highest BCUT2D eigenvalue weighted by molar-refractivity contribution is 5.12. The van der Waals surface area contributed by atoms with Crippen LogP contribution in [0.5, 0.6) is 0 Å². The second kappa shape index (κ2) is 6.69. The smallest absolute Gasteiger partial charge is 0.0560 e. The number of nitrogens with zero attached hydrogens (tertiary/aromatic N) is 5. The molecule has 2 fully saturated rings. The van der Waals surface area contributed by atoms with Crippen molar-refractivity contribution in [2.75, 3.05) is 13.1 Å². The third-order valence-corrected chi connectivity index (χ3v) is 5.47. The van der Waals surface area contributed by atoms with Gasteiger partial charge in [-0.15, -0.1) is 0 Å². The Balaban J connectivity index is 1.45. The zero-order valence-corrected chi connectivity index (χ0v) is 14.7. The molecule has 2 aliphatic rings. The summed E-state index contributed by atoms with van der Waals surface area (Å²) in [6.07, 6.45) is 11.3. The molecule has 0 aromatic carbocycles. The maximum atomic E-state index is 4.43. The molecule has 0 bridgehead atoms. The van der Waals surface area contributed by atoms with Crippen LogP contribution in [-0.4, -0.2) is 43.6 Å². The first kappa shape index (κ1) is 15.8. The van der Waals surface area contributed by atoms with E-state index in [9.17, 15) is 0 Å². The minimum absolute atomic E-state index is 0.500. The van der Waals surface area contributed by atoms with Crippen molar-refractivity contribution in [2.24, 2.45) is 20.0 Å². The monoisotopic (exact) mass is 328 g/mol. The van der Waals surface area contributed by atoms with Crippen molar-refractivity contribution < 1.29 is 0 Å². The standard InChI is InChI=1S/C18H28N6/c1-22-13-14(11-21-22)10-19-12-15-4-3-9-24(16-5-6-16)18(15)17-7-8-20-23(17)2/h7-8,11,13,15-16,18-19H,3-6,9-10,12H2,1-2H3/t15-,18+/m0/s1. The van der Waals surface area contributed by atoms with Crippen LogP contribution >= 0.6 is 0 Å². The number of nitrogens with one attached hydrogen (secondary N) is 1. The molecule has 4 rings (SSSR count). The van der Waals surface area contributed by atoms with Crippen molar-refractivity contribution in [1.29, 1.82) is 0 Å². The van der Waals surface area contributed by atoms with E-state index in [1.165, 1.54) is 43.5 Å². The first-order chi connectivity index (χ1) is 11.7. The van der Waals surface area contributed by atoms with Crippen LogP contribution in [0.3, 0.4) is 0 Å². The Hall–Kier alpha value is -1.66. The average Bonchev–Trinajstić information content (AvgIpc) is 3.22. The second-order valence-corrected chi connectivity index (χ2v) is 7.35. The van der Waals surface area contributed by atoms with E-state index >= 15 is 0 Å². The van der Waals surface area contributed by atoms with Gasteiger partial charge in [-0.3, -0.25) is 14.3 Å². The number of aryl methyl sites for hydroxylation is 2. The summed E-state index contributed by atoms with van der Waals surface area (Å²) in [6.45, 7) is 3.18. The summed E-state index contributed by atoms with van der Waals surface area (Å²) in [7, 11) is 4.05. The maximum absolute atomic E-state index is 4.43. The van der Waals surface area contributed by atoms with Gasteiger partial charge in [0.25, 0.3) is 0 Å². The fourth-order valence-corrected chi connectivity index (χ4v) is 4.18. The van der Waals surface area contributed by atoms with Gasteiger partial charge in [-0.2, -0.15) is 10.2 Å². The molecule has 2 aromatic heterocycles. The maximum Gasteiger partial charge on any atom is 0.0560 e. The van der Waals surface area contributed by atoms with E-state index in [-0.39, 0.29) is 0 Å². The molecule has 0 unspecified atom stereocenters. The van der Waals surface area contributed by atoms with E-state index in [0.717, 1.165) is 19.1 Å². The van der Waals surface area contributed by atoms with Crippen LogP contribution in [0.2, 0.25) is 0 Å². The van der Waals surface area contributed by atoms with Gasteiger partial charge >= 0.3 is 0 Å². The van der Waals surface area contributed by atoms with Crippen LogP contribution in [0, 0.1) is 5.92 Å². The summed E-state index contributed by atoms with van der Waals surface area (Å²) >= 11 is 0. The third-order valence-electron chi connectivity index (χ3n) is 5.47. The molecule has 1 aliphatic heterocycles. The quantitative estimate of drug-likeness (QED) is 0.879. The molecule has 2 aromatic rings. The third kappa shape index (κ3) is 3.26. The van der Waals surface area contributed by atoms with E-state index in [4.69, 9.17) is 0 Å². The number of likely N-dealkylation sites (tertiary alicyclic amines) is 1. The van der Waals surface area contributed by atoms with Crippen molar-refractivity contribution in [3.8, 4) is 0 Å². The van der Waals surface area contributed by atoms with Crippen molar-refractivity contribution in [1.82, 2.24) is 29.8 Å². The molecule has 0 radical (unpaired) electrons. The van der Waals surface area contributed by atoms with Gasteiger partial charge in [0.2, 0.25) is 0 Å². The molecule has 0 amide bonds. The van der Waals surface area contributed by atoms with Crippen molar-refractivity contribution in [2.45, 2.75) is 44.3 Å². The fourth-order valence-electron chi connectivity index (χ4n) is 4.18.